The second-order valence-electron chi connectivity index (χ2n) is 18.7. The van der Waals surface area contributed by atoms with Crippen LogP contribution in [-0.4, -0.2) is 103 Å². The van der Waals surface area contributed by atoms with Crippen molar-refractivity contribution < 1.29 is 41.8 Å². The van der Waals surface area contributed by atoms with Gasteiger partial charge in [0.05, 0.1) is 23.5 Å². The molecule has 5 fully saturated rings. The molecular formula is C43H56N6O9S. The topological polar surface area (TPSA) is 186 Å². The van der Waals surface area contributed by atoms with Gasteiger partial charge in [-0.05, 0) is 107 Å². The summed E-state index contributed by atoms with van der Waals surface area (Å²) in [6, 6.07) is 3.63. The lowest BCUT2D eigenvalue weighted by molar-refractivity contribution is -0.142. The summed E-state index contributed by atoms with van der Waals surface area (Å²) in [4.78, 5) is 65.3. The Morgan fingerprint density at radius 2 is 1.80 bits per heavy atom. The van der Waals surface area contributed by atoms with Crippen molar-refractivity contribution in [1.29, 1.82) is 0 Å². The molecule has 4 heterocycles. The number of nitrogens with one attached hydrogen (secondary N) is 3. The van der Waals surface area contributed by atoms with Crippen LogP contribution in [0, 0.1) is 29.6 Å². The first-order valence-electron chi connectivity index (χ1n) is 21.4. The SMILES string of the molecule is C[C@H]1CC/C=C\C2C[C@@]2(C(=O)NS(=O)(=O)C2(C)CC2)NC(=O)[C@@H]2C[C@@H](Oc3nccc4c5c(ccc34)N(C)CCO5)CN2C(=O)[C@@H](NC(=O)O[C@@H]2C[C@@H]3C[C@@H]3C2)[C@H](C)C1. The Balaban J connectivity index is 1.03. The van der Waals surface area contributed by atoms with Crippen LogP contribution < -0.4 is 29.7 Å². The van der Waals surface area contributed by atoms with Gasteiger partial charge in [0.15, 0.2) is 5.75 Å². The molecule has 15 nitrogen and oxygen atoms in total. The van der Waals surface area contributed by atoms with E-state index in [0.717, 1.165) is 42.6 Å². The number of pyridine rings is 1. The van der Waals surface area contributed by atoms with Gasteiger partial charge in [0, 0.05) is 36.4 Å². The largest absolute Gasteiger partial charge is 0.489 e. The fourth-order valence-electron chi connectivity index (χ4n) is 9.96. The lowest BCUT2D eigenvalue weighted by Crippen LogP contribution is -2.59. The minimum atomic E-state index is -4.00. The highest BCUT2D eigenvalue weighted by atomic mass is 32.2. The van der Waals surface area contributed by atoms with Gasteiger partial charge < -0.3 is 34.6 Å². The van der Waals surface area contributed by atoms with Crippen molar-refractivity contribution in [3.05, 3.63) is 36.5 Å². The number of hydrogen-bond acceptors (Lipinski definition) is 11. The Morgan fingerprint density at radius 1 is 1.02 bits per heavy atom. The summed E-state index contributed by atoms with van der Waals surface area (Å²) in [5, 5.41) is 7.40. The molecule has 1 unspecified atom stereocenters. The minimum absolute atomic E-state index is 0.00405. The smallest absolute Gasteiger partial charge is 0.408 e. The Kier molecular flexibility index (Phi) is 10.0. The quantitative estimate of drug-likeness (QED) is 0.340. The Hall–Kier alpha value is -4.60. The molecule has 4 amide bonds. The first-order chi connectivity index (χ1) is 28.1. The molecule has 0 radical (unpaired) electrons. The molecule has 59 heavy (non-hydrogen) atoms. The molecule has 7 aliphatic rings. The average Bonchev–Trinajstić information content (AvgIpc) is 4.15. The molecule has 318 valence electrons. The number of sulfonamides is 1. The number of hydrogen-bond donors (Lipinski definition) is 3. The Morgan fingerprint density at radius 3 is 2.56 bits per heavy atom. The van der Waals surface area contributed by atoms with Gasteiger partial charge in [-0.3, -0.25) is 19.1 Å². The van der Waals surface area contributed by atoms with E-state index in [4.69, 9.17) is 14.2 Å². The Labute approximate surface area is 345 Å². The zero-order valence-electron chi connectivity index (χ0n) is 34.3. The van der Waals surface area contributed by atoms with Gasteiger partial charge in [0.2, 0.25) is 27.7 Å². The van der Waals surface area contributed by atoms with Gasteiger partial charge in [0.25, 0.3) is 5.91 Å². The van der Waals surface area contributed by atoms with Crippen LogP contribution in [0.2, 0.25) is 0 Å². The monoisotopic (exact) mass is 832 g/mol. The summed E-state index contributed by atoms with van der Waals surface area (Å²) in [6.07, 6.45) is 10.1. The molecular weight excluding hydrogens is 777 g/mol. The summed E-state index contributed by atoms with van der Waals surface area (Å²) in [7, 11) is -1.99. The van der Waals surface area contributed by atoms with Gasteiger partial charge in [-0.2, -0.15) is 0 Å². The Bertz CT molecular complexity index is 2190. The number of allylic oxidation sites excluding steroid dienone is 1. The van der Waals surface area contributed by atoms with E-state index in [1.54, 1.807) is 13.1 Å². The van der Waals surface area contributed by atoms with E-state index >= 15 is 0 Å². The summed E-state index contributed by atoms with van der Waals surface area (Å²) < 4.78 is 46.3. The number of ether oxygens (including phenoxy) is 3. The third-order valence-corrected chi connectivity index (χ3v) is 16.4. The highest BCUT2D eigenvalue weighted by Crippen LogP contribution is 2.53. The first-order valence-corrected chi connectivity index (χ1v) is 22.9. The maximum absolute atomic E-state index is 15.0. The highest BCUT2D eigenvalue weighted by molar-refractivity contribution is 7.91. The van der Waals surface area contributed by atoms with Crippen LogP contribution >= 0.6 is 0 Å². The number of carbonyl (C=O) groups excluding carboxylic acids is 4. The summed E-state index contributed by atoms with van der Waals surface area (Å²) >= 11 is 0. The molecule has 4 saturated carbocycles. The molecule has 3 aliphatic heterocycles. The second-order valence-corrected chi connectivity index (χ2v) is 20.9. The van der Waals surface area contributed by atoms with Crippen LogP contribution in [0.3, 0.4) is 0 Å². The van der Waals surface area contributed by atoms with Crippen LogP contribution in [0.25, 0.3) is 10.8 Å². The van der Waals surface area contributed by atoms with E-state index in [2.05, 4.69) is 32.2 Å². The number of carbonyl (C=O) groups is 4. The minimum Gasteiger partial charge on any atom is -0.489 e. The van der Waals surface area contributed by atoms with Crippen LogP contribution in [0.5, 0.6) is 11.6 Å². The van der Waals surface area contributed by atoms with Crippen LogP contribution in [0.15, 0.2) is 36.5 Å². The van der Waals surface area contributed by atoms with E-state index in [1.807, 2.05) is 44.3 Å². The summed E-state index contributed by atoms with van der Waals surface area (Å²) in [5.74, 6) is -0.185. The number of benzene rings is 1. The fourth-order valence-corrected chi connectivity index (χ4v) is 11.3. The molecule has 1 saturated heterocycles. The predicted octanol–water partition coefficient (Wildman–Crippen LogP) is 4.19. The van der Waals surface area contributed by atoms with Crippen molar-refractivity contribution in [2.45, 2.75) is 120 Å². The number of likely N-dealkylation sites (N-methyl/N-ethyl adjacent to an activating group) is 1. The maximum Gasteiger partial charge on any atom is 0.408 e. The predicted molar refractivity (Wildman–Crippen MR) is 218 cm³/mol. The highest BCUT2D eigenvalue weighted by Gasteiger charge is 2.63. The molecule has 3 N–H and O–H groups in total. The normalized spacial score (nSPS) is 35.3. The van der Waals surface area contributed by atoms with Crippen LogP contribution in [0.1, 0.15) is 85.0 Å². The molecule has 4 aliphatic carbocycles. The number of rotatable bonds is 7. The molecule has 0 bridgehead atoms. The van der Waals surface area contributed by atoms with Gasteiger partial charge in [-0.25, -0.2) is 18.2 Å². The molecule has 16 heteroatoms. The standard InChI is InChI=1S/C43H56N6O9S/c1-24-7-5-6-8-28-22-43(28,40(52)47-59(54,55)42(3)12-13-42)46-37(50)34-21-30(57-38-32-9-10-33-36(31(32)11-14-44-38)56-16-15-48(33)4)23-49(34)39(51)35(25(2)17-24)45-41(53)58-29-19-26-18-27(26)20-29/h6,8-11,14,24-30,34-35H,5,7,12-13,15-23H2,1-4H3,(H,45,53)(H,46,50)(H,47,52)/b8-6-/t24-,25+,26-,27+,28?,29+,30+,34-,35-,43+/m0/s1. The third-order valence-electron chi connectivity index (χ3n) is 14.2. The number of amides is 4. The lowest BCUT2D eigenvalue weighted by Gasteiger charge is -2.33. The van der Waals surface area contributed by atoms with Gasteiger partial charge in [-0.15, -0.1) is 0 Å². The van der Waals surface area contributed by atoms with Crippen molar-refractivity contribution >= 4 is 50.3 Å². The van der Waals surface area contributed by atoms with E-state index in [1.165, 1.54) is 11.3 Å². The number of anilines is 1. The number of aromatic nitrogens is 1. The van der Waals surface area contributed by atoms with Gasteiger partial charge >= 0.3 is 6.09 Å². The number of fused-ring (bicyclic) bond motifs is 6. The third kappa shape index (κ3) is 7.58. The zero-order valence-corrected chi connectivity index (χ0v) is 35.1. The summed E-state index contributed by atoms with van der Waals surface area (Å²) in [5.41, 5.74) is -0.573. The van der Waals surface area contributed by atoms with Crippen molar-refractivity contribution in [2.24, 2.45) is 29.6 Å². The number of alkyl carbamates (subject to hydrolysis) is 1. The zero-order chi connectivity index (χ0) is 41.4. The molecule has 1 aromatic carbocycles. The van der Waals surface area contributed by atoms with Crippen molar-refractivity contribution in [2.75, 3.05) is 31.6 Å². The number of nitrogens with zero attached hydrogens (tertiary/aromatic N) is 3. The van der Waals surface area contributed by atoms with Crippen LogP contribution in [-0.2, 0) is 29.1 Å². The van der Waals surface area contributed by atoms with Crippen molar-refractivity contribution in [3.8, 4) is 11.6 Å². The fraction of sp³-hybridized carbons (Fsp3) is 0.651. The maximum atomic E-state index is 15.0. The molecule has 10 atom stereocenters. The molecule has 9 rings (SSSR count). The van der Waals surface area contributed by atoms with E-state index in [9.17, 15) is 27.6 Å². The van der Waals surface area contributed by atoms with Gasteiger partial charge in [-0.1, -0.05) is 26.0 Å². The second kappa shape index (κ2) is 14.8. The van der Waals surface area contributed by atoms with E-state index < -0.39 is 68.2 Å². The molecule has 1 aromatic heterocycles. The van der Waals surface area contributed by atoms with Crippen LogP contribution in [0.4, 0.5) is 10.5 Å². The molecule has 0 spiro atoms. The van der Waals surface area contributed by atoms with Gasteiger partial charge in [0.1, 0.15) is 36.4 Å². The van der Waals surface area contributed by atoms with Crippen molar-refractivity contribution in [1.82, 2.24) is 25.2 Å². The van der Waals surface area contributed by atoms with E-state index in [-0.39, 0.29) is 37.3 Å². The molecule has 2 aromatic rings. The summed E-state index contributed by atoms with van der Waals surface area (Å²) in [6.45, 7) is 6.93. The first kappa shape index (κ1) is 39.8. The lowest BCUT2D eigenvalue weighted by atomic mass is 9.88. The van der Waals surface area contributed by atoms with Crippen molar-refractivity contribution in [3.63, 3.8) is 0 Å². The van der Waals surface area contributed by atoms with E-state index in [0.29, 0.717) is 55.4 Å². The average molecular weight is 833 g/mol.